The first-order valence-electron chi connectivity index (χ1n) is 4.61. The molecular formula is C10H16O2. The SMILES string of the molecule is CC(C)C(=O)OC1=CCCCC1. The highest BCUT2D eigenvalue weighted by Gasteiger charge is 2.12. The van der Waals surface area contributed by atoms with Crippen LogP contribution < -0.4 is 0 Å². The molecule has 2 nitrogen and oxygen atoms in total. The average molecular weight is 168 g/mol. The number of esters is 1. The predicted molar refractivity (Wildman–Crippen MR) is 47.5 cm³/mol. The Kier molecular flexibility index (Phi) is 3.32. The van der Waals surface area contributed by atoms with Crippen molar-refractivity contribution in [2.75, 3.05) is 0 Å². The van der Waals surface area contributed by atoms with Gasteiger partial charge in [0.25, 0.3) is 0 Å². The van der Waals surface area contributed by atoms with Crippen LogP contribution in [0.3, 0.4) is 0 Å². The summed E-state index contributed by atoms with van der Waals surface area (Å²) in [5.41, 5.74) is 0. The van der Waals surface area contributed by atoms with E-state index < -0.39 is 0 Å². The van der Waals surface area contributed by atoms with Crippen molar-refractivity contribution < 1.29 is 9.53 Å². The van der Waals surface area contributed by atoms with E-state index in [1.807, 2.05) is 19.9 Å². The molecule has 1 aliphatic rings. The molecule has 1 aliphatic carbocycles. The van der Waals surface area contributed by atoms with Crippen molar-refractivity contribution >= 4 is 5.97 Å². The molecule has 0 aromatic heterocycles. The van der Waals surface area contributed by atoms with Crippen molar-refractivity contribution in [3.05, 3.63) is 11.8 Å². The first-order valence-corrected chi connectivity index (χ1v) is 4.61. The molecule has 0 atom stereocenters. The number of hydrogen-bond donors (Lipinski definition) is 0. The zero-order valence-electron chi connectivity index (χ0n) is 7.80. The van der Waals surface area contributed by atoms with Crippen LogP contribution in [-0.4, -0.2) is 5.97 Å². The summed E-state index contributed by atoms with van der Waals surface area (Å²) in [4.78, 5) is 11.1. The van der Waals surface area contributed by atoms with Gasteiger partial charge in [-0.15, -0.1) is 0 Å². The molecule has 68 valence electrons. The molecular weight excluding hydrogens is 152 g/mol. The molecule has 2 heteroatoms. The Morgan fingerprint density at radius 2 is 2.25 bits per heavy atom. The van der Waals surface area contributed by atoms with Gasteiger partial charge in [-0.3, -0.25) is 4.79 Å². The largest absolute Gasteiger partial charge is 0.431 e. The van der Waals surface area contributed by atoms with E-state index in [0.717, 1.165) is 25.0 Å². The zero-order chi connectivity index (χ0) is 8.97. The second-order valence-electron chi connectivity index (χ2n) is 3.49. The van der Waals surface area contributed by atoms with E-state index in [1.54, 1.807) is 0 Å². The maximum Gasteiger partial charge on any atom is 0.313 e. The van der Waals surface area contributed by atoms with Crippen LogP contribution in [0.5, 0.6) is 0 Å². The maximum atomic E-state index is 11.1. The molecule has 0 spiro atoms. The number of carbonyl (C=O) groups excluding carboxylic acids is 1. The normalized spacial score (nSPS) is 17.4. The van der Waals surface area contributed by atoms with Crippen molar-refractivity contribution in [2.45, 2.75) is 39.5 Å². The van der Waals surface area contributed by atoms with Crippen LogP contribution in [0, 0.1) is 5.92 Å². The molecule has 0 aromatic rings. The second-order valence-corrected chi connectivity index (χ2v) is 3.49. The van der Waals surface area contributed by atoms with Gasteiger partial charge in [0.1, 0.15) is 5.76 Å². The van der Waals surface area contributed by atoms with Crippen molar-refractivity contribution in [1.29, 1.82) is 0 Å². The van der Waals surface area contributed by atoms with Crippen molar-refractivity contribution in [3.63, 3.8) is 0 Å². The highest BCUT2D eigenvalue weighted by molar-refractivity contribution is 5.72. The van der Waals surface area contributed by atoms with Gasteiger partial charge in [0, 0.05) is 6.42 Å². The Morgan fingerprint density at radius 3 is 2.75 bits per heavy atom. The Balaban J connectivity index is 2.39. The highest BCUT2D eigenvalue weighted by atomic mass is 16.5. The number of rotatable bonds is 2. The first kappa shape index (κ1) is 9.30. The summed E-state index contributed by atoms with van der Waals surface area (Å²) in [6.07, 6.45) is 6.39. The fraction of sp³-hybridized carbons (Fsp3) is 0.700. The van der Waals surface area contributed by atoms with Crippen molar-refractivity contribution in [2.24, 2.45) is 5.92 Å². The zero-order valence-corrected chi connectivity index (χ0v) is 7.80. The Labute approximate surface area is 73.6 Å². The van der Waals surface area contributed by atoms with Crippen LogP contribution in [0.1, 0.15) is 39.5 Å². The van der Waals surface area contributed by atoms with Crippen LogP contribution in [0.2, 0.25) is 0 Å². The third-order valence-electron chi connectivity index (χ3n) is 1.95. The molecule has 0 saturated carbocycles. The summed E-state index contributed by atoms with van der Waals surface area (Å²) >= 11 is 0. The van der Waals surface area contributed by atoms with Crippen LogP contribution in [0.4, 0.5) is 0 Å². The molecule has 12 heavy (non-hydrogen) atoms. The van der Waals surface area contributed by atoms with E-state index in [0.29, 0.717) is 0 Å². The molecule has 0 N–H and O–H groups in total. The van der Waals surface area contributed by atoms with Gasteiger partial charge >= 0.3 is 5.97 Å². The summed E-state index contributed by atoms with van der Waals surface area (Å²) in [5, 5.41) is 0. The van der Waals surface area contributed by atoms with E-state index >= 15 is 0 Å². The van der Waals surface area contributed by atoms with Gasteiger partial charge < -0.3 is 4.74 Å². The van der Waals surface area contributed by atoms with Gasteiger partial charge in [-0.1, -0.05) is 13.8 Å². The summed E-state index contributed by atoms with van der Waals surface area (Å²) in [6.45, 7) is 3.71. The molecule has 0 aromatic carbocycles. The van der Waals surface area contributed by atoms with E-state index in [4.69, 9.17) is 4.74 Å². The second kappa shape index (κ2) is 4.29. The summed E-state index contributed by atoms with van der Waals surface area (Å²) in [5.74, 6) is 0.746. The van der Waals surface area contributed by atoms with Crippen LogP contribution >= 0.6 is 0 Å². The molecule has 0 heterocycles. The standard InChI is InChI=1S/C10H16O2/c1-8(2)10(11)12-9-6-4-3-5-7-9/h6,8H,3-5,7H2,1-2H3. The summed E-state index contributed by atoms with van der Waals surface area (Å²) in [7, 11) is 0. The lowest BCUT2D eigenvalue weighted by molar-refractivity contribution is -0.143. The minimum atomic E-state index is -0.108. The molecule has 0 bridgehead atoms. The number of hydrogen-bond acceptors (Lipinski definition) is 2. The summed E-state index contributed by atoms with van der Waals surface area (Å²) in [6, 6.07) is 0. The van der Waals surface area contributed by atoms with Crippen LogP contribution in [-0.2, 0) is 9.53 Å². The molecule has 0 unspecified atom stereocenters. The van der Waals surface area contributed by atoms with Crippen molar-refractivity contribution in [1.82, 2.24) is 0 Å². The van der Waals surface area contributed by atoms with Gasteiger partial charge in [-0.25, -0.2) is 0 Å². The molecule has 0 aliphatic heterocycles. The van der Waals surface area contributed by atoms with Gasteiger partial charge in [-0.05, 0) is 25.3 Å². The quantitative estimate of drug-likeness (QED) is 0.592. The van der Waals surface area contributed by atoms with Crippen molar-refractivity contribution in [3.8, 4) is 0 Å². The van der Waals surface area contributed by atoms with E-state index in [1.165, 1.54) is 6.42 Å². The molecule has 0 fully saturated rings. The Bertz CT molecular complexity index is 192. The molecule has 0 radical (unpaired) electrons. The highest BCUT2D eigenvalue weighted by Crippen LogP contribution is 2.19. The minimum absolute atomic E-state index is 0.0205. The summed E-state index contributed by atoms with van der Waals surface area (Å²) < 4.78 is 5.17. The number of carbonyl (C=O) groups is 1. The van der Waals surface area contributed by atoms with Gasteiger partial charge in [-0.2, -0.15) is 0 Å². The molecule has 1 rings (SSSR count). The van der Waals surface area contributed by atoms with Crippen LogP contribution in [0.15, 0.2) is 11.8 Å². The third kappa shape index (κ3) is 2.68. The predicted octanol–water partition coefficient (Wildman–Crippen LogP) is 2.64. The van der Waals surface area contributed by atoms with Gasteiger partial charge in [0.15, 0.2) is 0 Å². The fourth-order valence-electron chi connectivity index (χ4n) is 1.15. The Morgan fingerprint density at radius 1 is 1.50 bits per heavy atom. The lowest BCUT2D eigenvalue weighted by atomic mass is 10.1. The smallest absolute Gasteiger partial charge is 0.313 e. The monoisotopic (exact) mass is 168 g/mol. The first-order chi connectivity index (χ1) is 5.70. The number of allylic oxidation sites excluding steroid dienone is 2. The van der Waals surface area contributed by atoms with Crippen LogP contribution in [0.25, 0.3) is 0 Å². The fourth-order valence-corrected chi connectivity index (χ4v) is 1.15. The number of ether oxygens (including phenoxy) is 1. The van der Waals surface area contributed by atoms with E-state index in [-0.39, 0.29) is 11.9 Å². The average Bonchev–Trinajstić information content (AvgIpc) is 2.06. The molecule has 0 amide bonds. The lowest BCUT2D eigenvalue weighted by Gasteiger charge is -2.13. The van der Waals surface area contributed by atoms with E-state index in [9.17, 15) is 4.79 Å². The third-order valence-corrected chi connectivity index (χ3v) is 1.95. The topological polar surface area (TPSA) is 26.3 Å². The minimum Gasteiger partial charge on any atom is -0.431 e. The Hall–Kier alpha value is -0.790. The molecule has 0 saturated heterocycles. The maximum absolute atomic E-state index is 11.1. The van der Waals surface area contributed by atoms with Gasteiger partial charge in [0.05, 0.1) is 5.92 Å². The lowest BCUT2D eigenvalue weighted by Crippen LogP contribution is -2.12. The van der Waals surface area contributed by atoms with Gasteiger partial charge in [0.2, 0.25) is 0 Å². The van der Waals surface area contributed by atoms with E-state index in [2.05, 4.69) is 0 Å².